The van der Waals surface area contributed by atoms with Gasteiger partial charge in [-0.1, -0.05) is 106 Å². The van der Waals surface area contributed by atoms with Crippen LogP contribution in [-0.2, 0) is 14.4 Å². The van der Waals surface area contributed by atoms with Crippen LogP contribution in [0.5, 0.6) is 0 Å². The first-order valence-electron chi connectivity index (χ1n) is 13.6. The Labute approximate surface area is 233 Å². The van der Waals surface area contributed by atoms with Gasteiger partial charge in [0, 0.05) is 25.3 Å². The van der Waals surface area contributed by atoms with Gasteiger partial charge >= 0.3 is 0 Å². The standard InChI is InChI=1S/C30H38N2O5SSi/c1-30(2,3)39(26-17-6-4-7-18-26,27-19-8-5-9-20-27)37-24-14-23-31(25-15-10-11-16-25)38(35,36)29-22-13-12-21-28(29)32(33)34/h4-9,12-13,17-22,25H,10-11,14-16,23-24H2,1-3H3. The Bertz CT molecular complexity index is 1320. The average molecular weight is 567 g/mol. The highest BCUT2D eigenvalue weighted by Crippen LogP contribution is 2.37. The summed E-state index contributed by atoms with van der Waals surface area (Å²) in [4.78, 5) is 10.8. The second kappa shape index (κ2) is 12.1. The number of para-hydroxylation sites is 1. The lowest BCUT2D eigenvalue weighted by atomic mass is 10.2. The molecular weight excluding hydrogens is 528 g/mol. The molecule has 0 spiro atoms. The van der Waals surface area contributed by atoms with Gasteiger partial charge in [-0.2, -0.15) is 4.31 Å². The number of sulfonamides is 1. The maximum Gasteiger partial charge on any atom is 0.289 e. The van der Waals surface area contributed by atoms with Crippen LogP contribution in [0.3, 0.4) is 0 Å². The summed E-state index contributed by atoms with van der Waals surface area (Å²) in [6, 6.07) is 26.2. The van der Waals surface area contributed by atoms with Crippen LogP contribution in [0, 0.1) is 10.1 Å². The van der Waals surface area contributed by atoms with Crippen molar-refractivity contribution in [3.8, 4) is 0 Å². The smallest absolute Gasteiger partial charge is 0.289 e. The maximum absolute atomic E-state index is 13.8. The Morgan fingerprint density at radius 1 is 0.897 bits per heavy atom. The van der Waals surface area contributed by atoms with Crippen molar-refractivity contribution in [2.75, 3.05) is 13.2 Å². The number of hydrogen-bond donors (Lipinski definition) is 0. The fraction of sp³-hybridized carbons (Fsp3) is 0.400. The van der Waals surface area contributed by atoms with E-state index in [1.54, 1.807) is 6.07 Å². The largest absolute Gasteiger partial charge is 0.407 e. The van der Waals surface area contributed by atoms with Crippen molar-refractivity contribution in [1.29, 1.82) is 0 Å². The van der Waals surface area contributed by atoms with Gasteiger partial charge in [-0.25, -0.2) is 8.42 Å². The van der Waals surface area contributed by atoms with E-state index < -0.39 is 23.3 Å². The number of rotatable bonds is 11. The Morgan fingerprint density at radius 3 is 1.92 bits per heavy atom. The Kier molecular flexibility index (Phi) is 9.06. The van der Waals surface area contributed by atoms with Crippen LogP contribution >= 0.6 is 0 Å². The van der Waals surface area contributed by atoms with Crippen LogP contribution in [-0.4, -0.2) is 45.2 Å². The molecule has 1 aliphatic carbocycles. The molecule has 39 heavy (non-hydrogen) atoms. The predicted octanol–water partition coefficient (Wildman–Crippen LogP) is 5.49. The van der Waals surface area contributed by atoms with Crippen molar-refractivity contribution in [2.45, 2.75) is 68.9 Å². The fourth-order valence-corrected chi connectivity index (χ4v) is 12.3. The third kappa shape index (κ3) is 6.01. The van der Waals surface area contributed by atoms with Gasteiger partial charge in [-0.05, 0) is 40.7 Å². The first kappa shape index (κ1) is 29.1. The maximum atomic E-state index is 13.8. The first-order valence-corrected chi connectivity index (χ1v) is 16.9. The molecule has 0 saturated heterocycles. The molecule has 3 aromatic carbocycles. The lowest BCUT2D eigenvalue weighted by Gasteiger charge is -2.43. The summed E-state index contributed by atoms with van der Waals surface area (Å²) in [5, 5.41) is 13.8. The van der Waals surface area contributed by atoms with E-state index in [1.165, 1.54) is 32.9 Å². The molecule has 9 heteroatoms. The first-order chi connectivity index (χ1) is 18.6. The summed E-state index contributed by atoms with van der Waals surface area (Å²) in [5.74, 6) is 0. The van der Waals surface area contributed by atoms with Crippen LogP contribution in [0.15, 0.2) is 89.8 Å². The van der Waals surface area contributed by atoms with Crippen molar-refractivity contribution in [1.82, 2.24) is 4.31 Å². The highest BCUT2D eigenvalue weighted by Gasteiger charge is 2.50. The third-order valence-electron chi connectivity index (χ3n) is 7.64. The monoisotopic (exact) mass is 566 g/mol. The highest BCUT2D eigenvalue weighted by atomic mass is 32.2. The average Bonchev–Trinajstić information content (AvgIpc) is 3.45. The zero-order chi connectivity index (χ0) is 28.1. The van der Waals surface area contributed by atoms with E-state index in [-0.39, 0.29) is 28.2 Å². The highest BCUT2D eigenvalue weighted by molar-refractivity contribution is 7.89. The molecule has 1 aliphatic rings. The van der Waals surface area contributed by atoms with Gasteiger partial charge in [-0.15, -0.1) is 0 Å². The molecule has 4 rings (SSSR count). The van der Waals surface area contributed by atoms with Crippen LogP contribution < -0.4 is 10.4 Å². The van der Waals surface area contributed by atoms with E-state index in [1.807, 2.05) is 36.4 Å². The summed E-state index contributed by atoms with van der Waals surface area (Å²) < 4.78 is 36.1. The Morgan fingerprint density at radius 2 is 1.41 bits per heavy atom. The molecule has 0 N–H and O–H groups in total. The second-order valence-corrected chi connectivity index (χ2v) is 17.3. The molecule has 0 aromatic heterocycles. The SMILES string of the molecule is CC(C)(C)[Si](OCCCN(C1CCCC1)S(=O)(=O)c1ccccc1[N+](=O)[O-])(c1ccccc1)c1ccccc1. The lowest BCUT2D eigenvalue weighted by molar-refractivity contribution is -0.387. The van der Waals surface area contributed by atoms with Crippen molar-refractivity contribution >= 4 is 34.4 Å². The van der Waals surface area contributed by atoms with E-state index in [0.717, 1.165) is 25.7 Å². The molecule has 0 bridgehead atoms. The van der Waals surface area contributed by atoms with Gasteiger partial charge in [0.1, 0.15) is 0 Å². The molecule has 1 fully saturated rings. The summed E-state index contributed by atoms with van der Waals surface area (Å²) >= 11 is 0. The Hall–Kier alpha value is -2.85. The van der Waals surface area contributed by atoms with Crippen molar-refractivity contribution < 1.29 is 17.8 Å². The summed E-state index contributed by atoms with van der Waals surface area (Å²) in [6.07, 6.45) is 3.91. The van der Waals surface area contributed by atoms with Gasteiger partial charge in [-0.3, -0.25) is 10.1 Å². The predicted molar refractivity (Wildman–Crippen MR) is 157 cm³/mol. The van der Waals surface area contributed by atoms with E-state index >= 15 is 0 Å². The number of hydrogen-bond acceptors (Lipinski definition) is 5. The molecule has 0 aliphatic heterocycles. The van der Waals surface area contributed by atoms with Crippen molar-refractivity contribution in [3.63, 3.8) is 0 Å². The molecule has 7 nitrogen and oxygen atoms in total. The zero-order valence-corrected chi connectivity index (χ0v) is 24.8. The van der Waals surface area contributed by atoms with E-state index in [9.17, 15) is 18.5 Å². The van der Waals surface area contributed by atoms with E-state index in [2.05, 4.69) is 45.0 Å². The van der Waals surface area contributed by atoms with E-state index in [4.69, 9.17) is 4.43 Å². The third-order valence-corrected chi connectivity index (χ3v) is 14.7. The normalized spacial score (nSPS) is 15.1. The number of benzene rings is 3. The second-order valence-electron chi connectivity index (χ2n) is 11.1. The van der Waals surface area contributed by atoms with Gasteiger partial charge in [0.25, 0.3) is 14.0 Å². The van der Waals surface area contributed by atoms with Gasteiger partial charge in [0.05, 0.1) is 4.92 Å². The quantitative estimate of drug-likeness (QED) is 0.132. The molecule has 0 radical (unpaired) electrons. The Balaban J connectivity index is 1.63. The van der Waals surface area contributed by atoms with Gasteiger partial charge in [0.2, 0.25) is 10.0 Å². The summed E-state index contributed by atoms with van der Waals surface area (Å²) in [6.45, 7) is 7.26. The molecule has 0 amide bonds. The number of nitro groups is 1. The molecular formula is C30H38N2O5SSi. The van der Waals surface area contributed by atoms with Crippen LogP contribution in [0.2, 0.25) is 5.04 Å². The lowest BCUT2D eigenvalue weighted by Crippen LogP contribution is -2.66. The molecule has 0 unspecified atom stereocenters. The van der Waals surface area contributed by atoms with Crippen LogP contribution in [0.25, 0.3) is 0 Å². The minimum absolute atomic E-state index is 0.164. The number of nitro benzene ring substituents is 1. The minimum atomic E-state index is -4.06. The van der Waals surface area contributed by atoms with Gasteiger partial charge in [0.15, 0.2) is 4.90 Å². The topological polar surface area (TPSA) is 89.8 Å². The minimum Gasteiger partial charge on any atom is -0.407 e. The number of nitrogens with zero attached hydrogens (tertiary/aromatic N) is 2. The van der Waals surface area contributed by atoms with Crippen molar-refractivity contribution in [3.05, 3.63) is 95.0 Å². The van der Waals surface area contributed by atoms with Crippen LogP contribution in [0.1, 0.15) is 52.9 Å². The summed E-state index contributed by atoms with van der Waals surface area (Å²) in [7, 11) is -6.81. The zero-order valence-electron chi connectivity index (χ0n) is 23.0. The summed E-state index contributed by atoms with van der Waals surface area (Å²) in [5.41, 5.74) is -0.385. The van der Waals surface area contributed by atoms with Gasteiger partial charge < -0.3 is 4.43 Å². The molecule has 0 atom stereocenters. The fourth-order valence-electron chi connectivity index (χ4n) is 5.85. The molecule has 208 valence electrons. The van der Waals surface area contributed by atoms with Crippen molar-refractivity contribution in [2.24, 2.45) is 0 Å². The van der Waals surface area contributed by atoms with Crippen LogP contribution in [0.4, 0.5) is 5.69 Å². The molecule has 1 saturated carbocycles. The molecule has 0 heterocycles. The van der Waals surface area contributed by atoms with E-state index in [0.29, 0.717) is 13.0 Å². The molecule has 3 aromatic rings.